The maximum Gasteiger partial charge on any atom is 0.306 e. The second-order valence-electron chi connectivity index (χ2n) is 8.84. The molecule has 1 atom stereocenters. The molecule has 0 rings (SSSR count). The van der Waals surface area contributed by atoms with E-state index in [0.717, 1.165) is 19.3 Å². The van der Waals surface area contributed by atoms with Gasteiger partial charge in [0.1, 0.15) is 6.10 Å². The molecule has 0 aromatic heterocycles. The van der Waals surface area contributed by atoms with Gasteiger partial charge >= 0.3 is 5.97 Å². The molecule has 158 valence electrons. The van der Waals surface area contributed by atoms with Gasteiger partial charge in [0.2, 0.25) is 0 Å². The van der Waals surface area contributed by atoms with Crippen LogP contribution in [0.15, 0.2) is 23.8 Å². The Morgan fingerprint density at radius 1 is 1.15 bits per heavy atom. The molecule has 0 aliphatic heterocycles. The molecule has 0 aromatic rings. The van der Waals surface area contributed by atoms with E-state index in [1.807, 2.05) is 6.08 Å². The summed E-state index contributed by atoms with van der Waals surface area (Å²) in [6, 6.07) is 0. The molecule has 0 saturated heterocycles. The summed E-state index contributed by atoms with van der Waals surface area (Å²) in [5.41, 5.74) is 2.70. The van der Waals surface area contributed by atoms with E-state index in [2.05, 4.69) is 47.4 Å². The Labute approximate surface area is 173 Å². The highest BCUT2D eigenvalue weighted by Crippen LogP contribution is 2.36. The molecule has 0 heterocycles. The number of rotatable bonds is 14. The zero-order valence-electron chi connectivity index (χ0n) is 18.4. The third-order valence-electron chi connectivity index (χ3n) is 5.27. The predicted octanol–water partition coefficient (Wildman–Crippen LogP) is 7.37. The number of esters is 1. The first-order valence-electron chi connectivity index (χ1n) is 10.3. The summed E-state index contributed by atoms with van der Waals surface area (Å²) in [6.07, 6.45) is 8.93. The van der Waals surface area contributed by atoms with Crippen LogP contribution in [0.2, 0.25) is 18.1 Å². The van der Waals surface area contributed by atoms with E-state index in [0.29, 0.717) is 19.4 Å². The minimum atomic E-state index is -1.87. The number of ether oxygens (including phenoxy) is 1. The molecule has 0 N–H and O–H groups in total. The van der Waals surface area contributed by atoms with Crippen molar-refractivity contribution in [1.29, 1.82) is 0 Å². The predicted molar refractivity (Wildman–Crippen MR) is 120 cm³/mol. The number of halogens is 1. The molecule has 0 aliphatic carbocycles. The topological polar surface area (TPSA) is 35.5 Å². The van der Waals surface area contributed by atoms with Gasteiger partial charge in [-0.15, -0.1) is 0 Å². The SMILES string of the molecule is C=C(CCCCC)CCCC(=O)O[C@@H](C/C=C/Cl)CO[Si](C)(C)C(C)(C)C. The van der Waals surface area contributed by atoms with Gasteiger partial charge in [-0.25, -0.2) is 0 Å². The van der Waals surface area contributed by atoms with Gasteiger partial charge in [0, 0.05) is 18.4 Å². The van der Waals surface area contributed by atoms with Gasteiger partial charge in [-0.3, -0.25) is 4.79 Å². The maximum atomic E-state index is 12.2. The van der Waals surface area contributed by atoms with Crippen molar-refractivity contribution in [3.05, 3.63) is 23.8 Å². The molecule has 0 amide bonds. The largest absolute Gasteiger partial charge is 0.460 e. The fourth-order valence-electron chi connectivity index (χ4n) is 2.35. The number of hydrogen-bond donors (Lipinski definition) is 0. The van der Waals surface area contributed by atoms with Gasteiger partial charge in [0.15, 0.2) is 8.32 Å². The molecule has 0 unspecified atom stereocenters. The second kappa shape index (κ2) is 13.6. The van der Waals surface area contributed by atoms with Crippen molar-refractivity contribution in [1.82, 2.24) is 0 Å². The molecular weight excluding hydrogens is 376 g/mol. The van der Waals surface area contributed by atoms with Gasteiger partial charge < -0.3 is 9.16 Å². The zero-order valence-corrected chi connectivity index (χ0v) is 20.2. The molecule has 5 heteroatoms. The summed E-state index contributed by atoms with van der Waals surface area (Å²) in [6.45, 7) is 17.7. The second-order valence-corrected chi connectivity index (χ2v) is 13.9. The molecule has 3 nitrogen and oxygen atoms in total. The molecule has 27 heavy (non-hydrogen) atoms. The third kappa shape index (κ3) is 12.5. The standard InChI is InChI=1S/C22H41ClO3Si/c1-8-9-10-13-19(2)14-11-16-21(24)26-20(15-12-17-23)18-25-27(6,7)22(3,4)5/h12,17,20H,2,8-11,13-16,18H2,1,3-7H3/b17-12+/t20-/m0/s1. The lowest BCUT2D eigenvalue weighted by atomic mass is 10.0. The summed E-state index contributed by atoms with van der Waals surface area (Å²) < 4.78 is 11.9. The fourth-order valence-corrected chi connectivity index (χ4v) is 3.49. The van der Waals surface area contributed by atoms with Crippen molar-refractivity contribution >= 4 is 25.9 Å². The summed E-state index contributed by atoms with van der Waals surface area (Å²) in [5.74, 6) is -0.164. The Morgan fingerprint density at radius 2 is 1.78 bits per heavy atom. The molecule has 0 aliphatic rings. The van der Waals surface area contributed by atoms with E-state index in [1.54, 1.807) is 0 Å². The van der Waals surface area contributed by atoms with Crippen LogP contribution in [0.5, 0.6) is 0 Å². The number of carbonyl (C=O) groups excluding carboxylic acids is 1. The van der Waals surface area contributed by atoms with Crippen LogP contribution < -0.4 is 0 Å². The highest BCUT2D eigenvalue weighted by molar-refractivity contribution is 6.74. The summed E-state index contributed by atoms with van der Waals surface area (Å²) >= 11 is 5.65. The molecule has 0 fully saturated rings. The highest BCUT2D eigenvalue weighted by atomic mass is 35.5. The van der Waals surface area contributed by atoms with Crippen LogP contribution in [-0.2, 0) is 14.0 Å². The number of hydrogen-bond acceptors (Lipinski definition) is 3. The van der Waals surface area contributed by atoms with Gasteiger partial charge in [-0.2, -0.15) is 0 Å². The molecule has 0 bridgehead atoms. The van der Waals surface area contributed by atoms with E-state index in [9.17, 15) is 4.79 Å². The van der Waals surface area contributed by atoms with Crippen LogP contribution in [0.25, 0.3) is 0 Å². The summed E-state index contributed by atoms with van der Waals surface area (Å²) in [4.78, 5) is 12.2. The molecule has 0 radical (unpaired) electrons. The molecule has 0 spiro atoms. The van der Waals surface area contributed by atoms with E-state index in [4.69, 9.17) is 20.8 Å². The Morgan fingerprint density at radius 3 is 2.33 bits per heavy atom. The van der Waals surface area contributed by atoms with E-state index in [1.165, 1.54) is 30.4 Å². The number of allylic oxidation sites excluding steroid dienone is 1. The first-order valence-corrected chi connectivity index (χ1v) is 13.6. The Hall–Kier alpha value is -0.583. The molecular formula is C22H41ClO3Si. The Bertz CT molecular complexity index is 467. The first-order chi connectivity index (χ1) is 12.5. The first kappa shape index (κ1) is 26.4. The van der Waals surface area contributed by atoms with Crippen molar-refractivity contribution in [2.24, 2.45) is 0 Å². The average Bonchev–Trinajstić information content (AvgIpc) is 2.56. The molecule has 0 aromatic carbocycles. The molecule has 0 saturated carbocycles. The lowest BCUT2D eigenvalue weighted by Gasteiger charge is -2.37. The third-order valence-corrected chi connectivity index (χ3v) is 9.95. The van der Waals surface area contributed by atoms with E-state index in [-0.39, 0.29) is 17.1 Å². The van der Waals surface area contributed by atoms with E-state index >= 15 is 0 Å². The monoisotopic (exact) mass is 416 g/mol. The van der Waals surface area contributed by atoms with Crippen LogP contribution in [0.3, 0.4) is 0 Å². The minimum absolute atomic E-state index is 0.127. The van der Waals surface area contributed by atoms with Crippen molar-refractivity contribution in [2.45, 2.75) is 103 Å². The maximum absolute atomic E-state index is 12.2. The zero-order chi connectivity index (χ0) is 20.9. The van der Waals surface area contributed by atoms with Crippen LogP contribution in [0.1, 0.15) is 79.1 Å². The van der Waals surface area contributed by atoms with Crippen molar-refractivity contribution in [2.75, 3.05) is 6.61 Å². The van der Waals surface area contributed by atoms with E-state index < -0.39 is 8.32 Å². The normalized spacial score (nSPS) is 13.7. The lowest BCUT2D eigenvalue weighted by Crippen LogP contribution is -2.43. The minimum Gasteiger partial charge on any atom is -0.460 e. The van der Waals surface area contributed by atoms with Crippen LogP contribution in [-0.4, -0.2) is 27.0 Å². The van der Waals surface area contributed by atoms with Gasteiger partial charge in [-0.05, 0) is 43.8 Å². The van der Waals surface area contributed by atoms with Crippen LogP contribution in [0, 0.1) is 0 Å². The lowest BCUT2D eigenvalue weighted by molar-refractivity contribution is -0.150. The van der Waals surface area contributed by atoms with Gasteiger partial charge in [-0.1, -0.05) is 70.4 Å². The average molecular weight is 417 g/mol. The Balaban J connectivity index is 4.39. The number of unbranched alkanes of at least 4 members (excludes halogenated alkanes) is 2. The highest BCUT2D eigenvalue weighted by Gasteiger charge is 2.37. The Kier molecular flexibility index (Phi) is 13.3. The van der Waals surface area contributed by atoms with Gasteiger partial charge in [0.25, 0.3) is 0 Å². The summed E-state index contributed by atoms with van der Waals surface area (Å²) in [7, 11) is -1.87. The van der Waals surface area contributed by atoms with Crippen LogP contribution in [0.4, 0.5) is 0 Å². The smallest absolute Gasteiger partial charge is 0.306 e. The summed E-state index contributed by atoms with van der Waals surface area (Å²) in [5, 5.41) is 0.127. The van der Waals surface area contributed by atoms with Crippen molar-refractivity contribution < 1.29 is 14.0 Å². The quantitative estimate of drug-likeness (QED) is 0.128. The van der Waals surface area contributed by atoms with Gasteiger partial charge in [0.05, 0.1) is 6.61 Å². The van der Waals surface area contributed by atoms with Crippen molar-refractivity contribution in [3.8, 4) is 0 Å². The van der Waals surface area contributed by atoms with Crippen molar-refractivity contribution in [3.63, 3.8) is 0 Å². The van der Waals surface area contributed by atoms with Crippen LogP contribution >= 0.6 is 11.6 Å². The fraction of sp³-hybridized carbons (Fsp3) is 0.773. The number of carbonyl (C=O) groups is 1.